The van der Waals surface area contributed by atoms with Crippen molar-refractivity contribution in [2.45, 2.75) is 58.5 Å². The Balaban J connectivity index is 2.05. The van der Waals surface area contributed by atoms with E-state index in [1.807, 2.05) is 13.8 Å². The van der Waals surface area contributed by atoms with Gasteiger partial charge in [-0.05, 0) is 24.8 Å². The molecule has 2 aromatic heterocycles. The van der Waals surface area contributed by atoms with Crippen LogP contribution in [0.1, 0.15) is 62.1 Å². The first-order valence-corrected chi connectivity index (χ1v) is 11.1. The van der Waals surface area contributed by atoms with Crippen molar-refractivity contribution in [3.05, 3.63) is 82.6 Å². The van der Waals surface area contributed by atoms with E-state index in [0.717, 1.165) is 22.0 Å². The number of aromatic nitrogens is 4. The fraction of sp³-hybridized carbons (Fsp3) is 0.391. The van der Waals surface area contributed by atoms with Gasteiger partial charge in [0.2, 0.25) is 5.88 Å². The third-order valence-electron chi connectivity index (χ3n) is 5.86. The maximum absolute atomic E-state index is 13.5. The normalized spacial score (nSPS) is 14.4. The van der Waals surface area contributed by atoms with E-state index in [2.05, 4.69) is 9.97 Å². The molecule has 0 bridgehead atoms. The summed E-state index contributed by atoms with van der Waals surface area (Å²) >= 11 is 0. The second-order valence-corrected chi connectivity index (χ2v) is 8.04. The highest BCUT2D eigenvalue weighted by atomic mass is 16.5. The lowest BCUT2D eigenvalue weighted by atomic mass is 9.85. The van der Waals surface area contributed by atoms with Crippen LogP contribution in [-0.4, -0.2) is 19.1 Å². The number of fused-ring (bicyclic) bond motifs is 2. The summed E-state index contributed by atoms with van der Waals surface area (Å²) in [5.74, 6) is -1.66. The van der Waals surface area contributed by atoms with Crippen LogP contribution >= 0.6 is 0 Å². The maximum Gasteiger partial charge on any atom is 0.331 e. The van der Waals surface area contributed by atoms with Crippen molar-refractivity contribution in [2.75, 3.05) is 0 Å². The lowest BCUT2D eigenvalue weighted by Crippen LogP contribution is -2.42. The average Bonchev–Trinajstić information content (AvgIpc) is 2.78. The molecule has 1 atom stereocenters. The fourth-order valence-corrected chi connectivity index (χ4v) is 4.14. The summed E-state index contributed by atoms with van der Waals surface area (Å²) in [5.41, 5.74) is -2.75. The zero-order valence-electron chi connectivity index (χ0n) is 18.5. The van der Waals surface area contributed by atoms with Crippen molar-refractivity contribution in [1.82, 2.24) is 19.1 Å². The van der Waals surface area contributed by atoms with Crippen LogP contribution in [0.15, 0.2) is 43.4 Å². The first-order chi connectivity index (χ1) is 15.9. The predicted molar refractivity (Wildman–Crippen MR) is 119 cm³/mol. The fourth-order valence-electron chi connectivity index (χ4n) is 4.14. The first kappa shape index (κ1) is 22.4. The molecule has 33 heavy (non-hydrogen) atoms. The number of hydrogen-bond acceptors (Lipinski definition) is 6. The van der Waals surface area contributed by atoms with Gasteiger partial charge < -0.3 is 14.4 Å². The molecule has 3 heterocycles. The third kappa shape index (κ3) is 3.81. The van der Waals surface area contributed by atoms with Gasteiger partial charge >= 0.3 is 11.4 Å². The number of unbranched alkanes of at least 4 members (excludes halogenated alkanes) is 2. The molecular formula is C23H25N4O6-. The smallest absolute Gasteiger partial charge is 0.331 e. The summed E-state index contributed by atoms with van der Waals surface area (Å²) in [6, 6.07) is 6.68. The number of benzene rings is 1. The standard InChI is InChI=1S/C23H26N4O6/c1-3-5-11-26-20(29)16(18(28)24-22(26)31)15-13-9-7-8-10-14(13)33-19-17(15)21(30)27(12-6-4-2)23(32)25-19/h7-10,15,29H,3-6,11-12H2,1-2H3,(H,25,32)(H,24,28,31)/p-1. The number of rotatable bonds is 7. The zero-order chi connectivity index (χ0) is 23.7. The molecule has 0 spiro atoms. The van der Waals surface area contributed by atoms with Gasteiger partial charge in [-0.3, -0.25) is 24.1 Å². The van der Waals surface area contributed by atoms with Gasteiger partial charge in [0.25, 0.3) is 11.1 Å². The van der Waals surface area contributed by atoms with Crippen LogP contribution in [0.2, 0.25) is 0 Å². The van der Waals surface area contributed by atoms with Crippen LogP contribution in [0.5, 0.6) is 17.5 Å². The molecule has 0 saturated heterocycles. The summed E-state index contributed by atoms with van der Waals surface area (Å²) in [6.07, 6.45) is 2.67. The van der Waals surface area contributed by atoms with Crippen molar-refractivity contribution in [2.24, 2.45) is 0 Å². The SMILES string of the molecule is CCCCn1c([O-])c(C2c3ccccc3Oc3[nH]c(=O)n(CCCC)c(=O)c32)c(=O)[nH]c1=O. The van der Waals surface area contributed by atoms with Crippen LogP contribution in [0.25, 0.3) is 0 Å². The molecule has 0 aliphatic carbocycles. The Hall–Kier alpha value is -3.82. The molecule has 0 amide bonds. The van der Waals surface area contributed by atoms with Gasteiger partial charge in [0, 0.05) is 24.2 Å². The van der Waals surface area contributed by atoms with Gasteiger partial charge in [-0.2, -0.15) is 0 Å². The number of aromatic amines is 2. The van der Waals surface area contributed by atoms with E-state index in [9.17, 15) is 24.3 Å². The zero-order valence-corrected chi connectivity index (χ0v) is 18.5. The molecule has 2 N–H and O–H groups in total. The quantitative estimate of drug-likeness (QED) is 0.432. The maximum atomic E-state index is 13.5. The Kier molecular flexibility index (Phi) is 6.08. The third-order valence-corrected chi connectivity index (χ3v) is 5.86. The molecular weight excluding hydrogens is 428 g/mol. The van der Waals surface area contributed by atoms with Crippen molar-refractivity contribution < 1.29 is 9.84 Å². The van der Waals surface area contributed by atoms with Crippen LogP contribution in [-0.2, 0) is 13.1 Å². The van der Waals surface area contributed by atoms with Crippen LogP contribution in [0.3, 0.4) is 0 Å². The summed E-state index contributed by atoms with van der Waals surface area (Å²) in [5, 5.41) is 13.4. The Bertz CT molecular complexity index is 1430. The summed E-state index contributed by atoms with van der Waals surface area (Å²) < 4.78 is 7.84. The molecule has 4 rings (SSSR count). The highest BCUT2D eigenvalue weighted by molar-refractivity contribution is 5.56. The van der Waals surface area contributed by atoms with E-state index in [-0.39, 0.29) is 30.1 Å². The second-order valence-electron chi connectivity index (χ2n) is 8.04. The van der Waals surface area contributed by atoms with Crippen molar-refractivity contribution in [3.63, 3.8) is 0 Å². The van der Waals surface area contributed by atoms with Crippen LogP contribution in [0, 0.1) is 0 Å². The molecule has 1 aliphatic heterocycles. The first-order valence-electron chi connectivity index (χ1n) is 11.1. The van der Waals surface area contributed by atoms with Crippen LogP contribution < -0.4 is 32.3 Å². The molecule has 10 heteroatoms. The van der Waals surface area contributed by atoms with Gasteiger partial charge in [-0.25, -0.2) is 9.59 Å². The largest absolute Gasteiger partial charge is 0.860 e. The van der Waals surface area contributed by atoms with Crippen molar-refractivity contribution in [1.29, 1.82) is 0 Å². The minimum Gasteiger partial charge on any atom is -0.860 e. The highest BCUT2D eigenvalue weighted by Crippen LogP contribution is 2.44. The molecule has 0 radical (unpaired) electrons. The molecule has 3 aromatic rings. The number of nitrogens with zero attached hydrogens (tertiary/aromatic N) is 2. The van der Waals surface area contributed by atoms with E-state index in [0.29, 0.717) is 24.2 Å². The van der Waals surface area contributed by atoms with E-state index in [4.69, 9.17) is 4.74 Å². The molecule has 174 valence electrons. The minimum atomic E-state index is -1.10. The Morgan fingerprint density at radius 2 is 1.55 bits per heavy atom. The van der Waals surface area contributed by atoms with E-state index >= 15 is 0 Å². The van der Waals surface area contributed by atoms with Crippen molar-refractivity contribution >= 4 is 0 Å². The molecule has 1 aromatic carbocycles. The Morgan fingerprint density at radius 3 is 2.24 bits per heavy atom. The molecule has 10 nitrogen and oxygen atoms in total. The molecule has 1 aliphatic rings. The van der Waals surface area contributed by atoms with E-state index in [1.165, 1.54) is 0 Å². The van der Waals surface area contributed by atoms with Gasteiger partial charge in [0.05, 0.1) is 11.5 Å². The monoisotopic (exact) mass is 453 g/mol. The number of nitrogens with one attached hydrogen (secondary N) is 2. The highest BCUT2D eigenvalue weighted by Gasteiger charge is 2.35. The summed E-state index contributed by atoms with van der Waals surface area (Å²) in [6.45, 7) is 4.18. The minimum absolute atomic E-state index is 0.00677. The van der Waals surface area contributed by atoms with Gasteiger partial charge in [0.15, 0.2) is 0 Å². The predicted octanol–water partition coefficient (Wildman–Crippen LogP) is 1.35. The lowest BCUT2D eigenvalue weighted by molar-refractivity contribution is -0.281. The summed E-state index contributed by atoms with van der Waals surface area (Å²) in [7, 11) is 0. The molecule has 0 saturated carbocycles. The molecule has 0 fully saturated rings. The summed E-state index contributed by atoms with van der Waals surface area (Å²) in [4.78, 5) is 56.1. The number of H-pyrrole nitrogens is 2. The van der Waals surface area contributed by atoms with Gasteiger partial charge in [-0.1, -0.05) is 44.9 Å². The Labute approximate surface area is 188 Å². The van der Waals surface area contributed by atoms with Crippen LogP contribution in [0.4, 0.5) is 0 Å². The lowest BCUT2D eigenvalue weighted by Gasteiger charge is -2.30. The Morgan fingerprint density at radius 1 is 0.909 bits per heavy atom. The topological polar surface area (TPSA) is 142 Å². The van der Waals surface area contributed by atoms with Gasteiger partial charge in [0.1, 0.15) is 5.75 Å². The number of hydrogen-bond donors (Lipinski definition) is 2. The van der Waals surface area contributed by atoms with E-state index < -0.39 is 34.3 Å². The number of para-hydroxylation sites is 1. The van der Waals surface area contributed by atoms with E-state index in [1.54, 1.807) is 24.3 Å². The number of ether oxygens (including phenoxy) is 1. The van der Waals surface area contributed by atoms with Crippen molar-refractivity contribution in [3.8, 4) is 17.5 Å². The molecule has 1 unspecified atom stereocenters. The average molecular weight is 453 g/mol. The second kappa shape index (κ2) is 8.97. The van der Waals surface area contributed by atoms with Gasteiger partial charge in [-0.15, -0.1) is 0 Å².